The number of benzene rings is 2. The van der Waals surface area contributed by atoms with Gasteiger partial charge in [-0.25, -0.2) is 23.5 Å². The third kappa shape index (κ3) is 6.21. The largest absolute Gasteiger partial charge is 0.412 e. The zero-order valence-corrected chi connectivity index (χ0v) is 24.8. The number of hydrogen-bond acceptors (Lipinski definition) is 8. The summed E-state index contributed by atoms with van der Waals surface area (Å²) in [6.07, 6.45) is 5.47. The van der Waals surface area contributed by atoms with Gasteiger partial charge in [-0.15, -0.1) is 11.3 Å². The van der Waals surface area contributed by atoms with E-state index in [-0.39, 0.29) is 24.0 Å². The Balaban J connectivity index is 0.00000353. The zero-order valence-electron chi connectivity index (χ0n) is 22.4. The lowest BCUT2D eigenvalue weighted by molar-refractivity contribution is -0.114. The number of nitrogens with two attached hydrogens (primary N) is 1. The highest BCUT2D eigenvalue weighted by atomic mass is 35.5. The standard InChI is InChI=1S/C28H27ClN8O2S2.H2O/c29-18-7-9-20(10-8-18)41(39)36-13-3-4-19(17-36)32-27-31-12-11-23(34-27)26-25(35-28-37(26)14-15-40-28)21-5-1-2-6-22(21)33-24(38)16-30;/h1-2,5-12,14-15,19H,3-4,13,16-17,30H2,(H,33,38)(H,31,32,34);1H2/t19-,41?;/m1./s1. The van der Waals surface area contributed by atoms with E-state index in [0.717, 1.165) is 40.5 Å². The van der Waals surface area contributed by atoms with Gasteiger partial charge in [0.05, 0.1) is 22.8 Å². The number of rotatable bonds is 8. The summed E-state index contributed by atoms with van der Waals surface area (Å²) in [5.74, 6) is 0.194. The number of carbonyl (C=O) groups is 1. The average Bonchev–Trinajstić information content (AvgIpc) is 3.59. The summed E-state index contributed by atoms with van der Waals surface area (Å²) in [4.78, 5) is 27.9. The second-order valence-corrected chi connectivity index (χ2v) is 12.3. The molecule has 1 unspecified atom stereocenters. The van der Waals surface area contributed by atoms with E-state index in [1.54, 1.807) is 30.5 Å². The molecule has 1 saturated heterocycles. The predicted octanol–water partition coefficient (Wildman–Crippen LogP) is 3.84. The minimum absolute atomic E-state index is 0. The first-order valence-electron chi connectivity index (χ1n) is 13.1. The molecule has 1 aliphatic rings. The number of halogens is 1. The quantitative estimate of drug-likeness (QED) is 0.236. The highest BCUT2D eigenvalue weighted by Gasteiger charge is 2.26. The summed E-state index contributed by atoms with van der Waals surface area (Å²) in [5, 5.41) is 8.92. The highest BCUT2D eigenvalue weighted by Crippen LogP contribution is 2.37. The minimum atomic E-state index is -1.28. The molecule has 0 bridgehead atoms. The maximum atomic E-state index is 13.2. The van der Waals surface area contributed by atoms with E-state index >= 15 is 0 Å². The van der Waals surface area contributed by atoms with Crippen molar-refractivity contribution in [3.05, 3.63) is 77.4 Å². The van der Waals surface area contributed by atoms with Crippen LogP contribution in [0.15, 0.2) is 77.3 Å². The van der Waals surface area contributed by atoms with Gasteiger partial charge in [-0.05, 0) is 49.2 Å². The SMILES string of the molecule is NCC(=O)Nc1ccccc1-c1nc2sccn2c1-c1ccnc(N[C@@H]2CCCN(S(=O)c3ccc(Cl)cc3)C2)n1.O. The van der Waals surface area contributed by atoms with Gasteiger partial charge in [0.15, 0.2) is 4.96 Å². The Kier molecular flexibility index (Phi) is 9.26. The number of para-hydroxylation sites is 1. The lowest BCUT2D eigenvalue weighted by Gasteiger charge is -2.32. The molecule has 0 saturated carbocycles. The highest BCUT2D eigenvalue weighted by molar-refractivity contribution is 7.82. The van der Waals surface area contributed by atoms with Crippen LogP contribution in [0, 0.1) is 0 Å². The molecule has 5 aromatic rings. The molecule has 2 aromatic carbocycles. The lowest BCUT2D eigenvalue weighted by Crippen LogP contribution is -2.43. The van der Waals surface area contributed by atoms with Crippen molar-refractivity contribution in [1.29, 1.82) is 0 Å². The van der Waals surface area contributed by atoms with Gasteiger partial charge < -0.3 is 21.8 Å². The topological polar surface area (TPSA) is 162 Å². The molecule has 1 aliphatic heterocycles. The molecule has 6 N–H and O–H groups in total. The van der Waals surface area contributed by atoms with Crippen LogP contribution in [0.1, 0.15) is 12.8 Å². The Labute approximate surface area is 253 Å². The van der Waals surface area contributed by atoms with Crippen molar-refractivity contribution in [2.75, 3.05) is 30.3 Å². The molecular weight excluding hydrogens is 596 g/mol. The van der Waals surface area contributed by atoms with Crippen molar-refractivity contribution in [3.8, 4) is 22.6 Å². The zero-order chi connectivity index (χ0) is 28.3. The number of piperidine rings is 1. The van der Waals surface area contributed by atoms with Crippen LogP contribution in [0.2, 0.25) is 5.02 Å². The molecule has 0 spiro atoms. The lowest BCUT2D eigenvalue weighted by atomic mass is 10.1. The Morgan fingerprint density at radius 3 is 2.76 bits per heavy atom. The molecule has 1 amide bonds. The van der Waals surface area contributed by atoms with Gasteiger partial charge in [0.1, 0.15) is 22.4 Å². The maximum absolute atomic E-state index is 13.2. The van der Waals surface area contributed by atoms with Crippen molar-refractivity contribution in [1.82, 2.24) is 23.7 Å². The molecular formula is C28H29ClN8O3S2. The van der Waals surface area contributed by atoms with Crippen molar-refractivity contribution < 1.29 is 14.5 Å². The molecule has 2 atom stereocenters. The number of hydrogen-bond donors (Lipinski definition) is 3. The van der Waals surface area contributed by atoms with E-state index in [4.69, 9.17) is 27.3 Å². The van der Waals surface area contributed by atoms with Crippen molar-refractivity contribution in [2.45, 2.75) is 23.8 Å². The van der Waals surface area contributed by atoms with Gasteiger partial charge in [0, 0.05) is 47.5 Å². The van der Waals surface area contributed by atoms with E-state index < -0.39 is 11.0 Å². The van der Waals surface area contributed by atoms with Gasteiger partial charge in [-0.2, -0.15) is 0 Å². The third-order valence-corrected chi connectivity index (χ3v) is 9.25. The molecule has 0 radical (unpaired) electrons. The van der Waals surface area contributed by atoms with E-state index in [1.807, 2.05) is 50.6 Å². The van der Waals surface area contributed by atoms with Crippen LogP contribution in [-0.2, 0) is 15.8 Å². The second-order valence-electron chi connectivity index (χ2n) is 9.50. The predicted molar refractivity (Wildman–Crippen MR) is 167 cm³/mol. The van der Waals surface area contributed by atoms with Crippen LogP contribution in [0.25, 0.3) is 27.6 Å². The van der Waals surface area contributed by atoms with Crippen molar-refractivity contribution in [3.63, 3.8) is 0 Å². The summed E-state index contributed by atoms with van der Waals surface area (Å²) in [5.41, 5.74) is 9.10. The maximum Gasteiger partial charge on any atom is 0.238 e. The summed E-state index contributed by atoms with van der Waals surface area (Å²) in [6, 6.07) is 16.5. The number of amides is 1. The number of aromatic nitrogens is 4. The number of nitrogens with zero attached hydrogens (tertiary/aromatic N) is 5. The first kappa shape index (κ1) is 29.8. The van der Waals surface area contributed by atoms with Gasteiger partial charge in [0.25, 0.3) is 0 Å². The molecule has 6 rings (SSSR count). The fraction of sp³-hybridized carbons (Fsp3) is 0.214. The van der Waals surface area contributed by atoms with Crippen molar-refractivity contribution >= 4 is 56.4 Å². The Bertz CT molecular complexity index is 1730. The van der Waals surface area contributed by atoms with Gasteiger partial charge in [-0.3, -0.25) is 9.20 Å². The fourth-order valence-electron chi connectivity index (χ4n) is 4.87. The molecule has 0 aliphatic carbocycles. The van der Waals surface area contributed by atoms with E-state index in [1.165, 1.54) is 11.3 Å². The Morgan fingerprint density at radius 2 is 1.95 bits per heavy atom. The van der Waals surface area contributed by atoms with Crippen LogP contribution in [0.4, 0.5) is 11.6 Å². The van der Waals surface area contributed by atoms with Crippen LogP contribution >= 0.6 is 22.9 Å². The molecule has 4 heterocycles. The molecule has 218 valence electrons. The first-order chi connectivity index (χ1) is 20.0. The molecule has 42 heavy (non-hydrogen) atoms. The van der Waals surface area contributed by atoms with Crippen LogP contribution < -0.4 is 16.4 Å². The number of carbonyl (C=O) groups excluding carboxylic acids is 1. The third-order valence-electron chi connectivity index (χ3n) is 6.77. The van der Waals surface area contributed by atoms with Gasteiger partial charge >= 0.3 is 0 Å². The normalized spacial score (nSPS) is 16.1. The van der Waals surface area contributed by atoms with Crippen LogP contribution in [-0.4, -0.2) is 64.9 Å². The number of anilines is 2. The van der Waals surface area contributed by atoms with E-state index in [2.05, 4.69) is 15.6 Å². The molecule has 3 aromatic heterocycles. The number of nitrogens with one attached hydrogen (secondary N) is 2. The number of thiazole rings is 1. The monoisotopic (exact) mass is 624 g/mol. The fourth-order valence-corrected chi connectivity index (χ4v) is 6.99. The van der Waals surface area contributed by atoms with Gasteiger partial charge in [-0.1, -0.05) is 29.8 Å². The summed E-state index contributed by atoms with van der Waals surface area (Å²) < 4.78 is 17.2. The number of fused-ring (bicyclic) bond motifs is 1. The average molecular weight is 625 g/mol. The Morgan fingerprint density at radius 1 is 1.14 bits per heavy atom. The second kappa shape index (κ2) is 13.1. The van der Waals surface area contributed by atoms with Crippen LogP contribution in [0.5, 0.6) is 0 Å². The van der Waals surface area contributed by atoms with Crippen molar-refractivity contribution in [2.24, 2.45) is 5.73 Å². The van der Waals surface area contributed by atoms with Crippen LogP contribution in [0.3, 0.4) is 0 Å². The summed E-state index contributed by atoms with van der Waals surface area (Å²) >= 11 is 7.52. The summed E-state index contributed by atoms with van der Waals surface area (Å²) in [6.45, 7) is 1.21. The first-order valence-corrected chi connectivity index (χ1v) is 15.4. The Hall–Kier alpha value is -3.72. The molecule has 11 nitrogen and oxygen atoms in total. The molecule has 1 fully saturated rings. The van der Waals surface area contributed by atoms with E-state index in [9.17, 15) is 9.00 Å². The van der Waals surface area contributed by atoms with E-state index in [0.29, 0.717) is 34.6 Å². The summed E-state index contributed by atoms with van der Waals surface area (Å²) in [7, 11) is -1.28. The minimum Gasteiger partial charge on any atom is -0.412 e. The van der Waals surface area contributed by atoms with Gasteiger partial charge in [0.2, 0.25) is 11.9 Å². The smallest absolute Gasteiger partial charge is 0.238 e. The molecule has 14 heteroatoms. The number of imidazole rings is 1.